The smallest absolute Gasteiger partial charge is 0.233 e. The Bertz CT molecular complexity index is 880. The summed E-state index contributed by atoms with van der Waals surface area (Å²) in [6.45, 7) is 1.93. The topological polar surface area (TPSA) is 66.0 Å². The first-order valence-corrected chi connectivity index (χ1v) is 9.00. The average Bonchev–Trinajstić information content (AvgIpc) is 3.17. The van der Waals surface area contributed by atoms with Gasteiger partial charge in [0.15, 0.2) is 0 Å². The highest BCUT2D eigenvalue weighted by Gasteiger charge is 2.17. The lowest BCUT2D eigenvalue weighted by atomic mass is 10.3. The van der Waals surface area contributed by atoms with Crippen LogP contribution in [0.25, 0.3) is 0 Å². The monoisotopic (exact) mass is 366 g/mol. The Morgan fingerprint density at radius 1 is 0.769 bits per heavy atom. The van der Waals surface area contributed by atoms with E-state index in [4.69, 9.17) is 11.6 Å². The molecule has 0 bridgehead atoms. The van der Waals surface area contributed by atoms with Crippen molar-refractivity contribution in [2.24, 2.45) is 0 Å². The highest BCUT2D eigenvalue weighted by Crippen LogP contribution is 2.23. The van der Waals surface area contributed by atoms with Gasteiger partial charge in [0.25, 0.3) is 0 Å². The van der Waals surface area contributed by atoms with Gasteiger partial charge in [-0.1, -0.05) is 35.9 Å². The maximum absolute atomic E-state index is 6.07. The Balaban J connectivity index is 1.65. The van der Waals surface area contributed by atoms with Crippen molar-refractivity contribution in [2.75, 3.05) is 28.6 Å². The molecule has 6 nitrogen and oxygen atoms in total. The number of nitrogens with zero attached hydrogens (tertiary/aromatic N) is 4. The first-order chi connectivity index (χ1) is 12.8. The lowest BCUT2D eigenvalue weighted by molar-refractivity contribution is 0.886. The maximum Gasteiger partial charge on any atom is 0.233 e. The lowest BCUT2D eigenvalue weighted by Gasteiger charge is -2.17. The molecule has 0 aliphatic carbocycles. The van der Waals surface area contributed by atoms with Crippen molar-refractivity contribution in [1.82, 2.24) is 15.0 Å². The number of para-hydroxylation sites is 1. The van der Waals surface area contributed by atoms with E-state index in [2.05, 4.69) is 30.5 Å². The minimum atomic E-state index is 0.489. The molecule has 7 heteroatoms. The van der Waals surface area contributed by atoms with Crippen LogP contribution in [0.5, 0.6) is 0 Å². The van der Waals surface area contributed by atoms with Gasteiger partial charge in [-0.3, -0.25) is 0 Å². The van der Waals surface area contributed by atoms with E-state index in [1.807, 2.05) is 54.6 Å². The van der Waals surface area contributed by atoms with Gasteiger partial charge in [0.1, 0.15) is 0 Å². The molecule has 26 heavy (non-hydrogen) atoms. The van der Waals surface area contributed by atoms with Gasteiger partial charge >= 0.3 is 0 Å². The third-order valence-corrected chi connectivity index (χ3v) is 4.36. The quantitative estimate of drug-likeness (QED) is 0.687. The van der Waals surface area contributed by atoms with Crippen molar-refractivity contribution in [3.8, 4) is 0 Å². The molecule has 2 aromatic carbocycles. The van der Waals surface area contributed by atoms with E-state index < -0.39 is 0 Å². The maximum atomic E-state index is 6.07. The molecule has 1 aromatic heterocycles. The number of anilines is 5. The number of rotatable bonds is 5. The van der Waals surface area contributed by atoms with Crippen molar-refractivity contribution < 1.29 is 0 Å². The molecular weight excluding hydrogens is 348 g/mol. The van der Waals surface area contributed by atoms with Crippen LogP contribution in [0.3, 0.4) is 0 Å². The molecule has 0 unspecified atom stereocenters. The number of halogens is 1. The summed E-state index contributed by atoms with van der Waals surface area (Å²) in [5, 5.41) is 7.13. The number of hydrogen-bond acceptors (Lipinski definition) is 6. The first kappa shape index (κ1) is 16.6. The molecule has 1 fully saturated rings. The van der Waals surface area contributed by atoms with E-state index in [1.165, 1.54) is 0 Å². The Hall–Kier alpha value is -2.86. The van der Waals surface area contributed by atoms with Crippen LogP contribution in [-0.4, -0.2) is 28.0 Å². The zero-order valence-corrected chi connectivity index (χ0v) is 14.9. The molecule has 4 rings (SSSR count). The van der Waals surface area contributed by atoms with Crippen molar-refractivity contribution in [2.45, 2.75) is 12.8 Å². The summed E-state index contributed by atoms with van der Waals surface area (Å²) in [7, 11) is 0. The Labute approximate surface area is 157 Å². The highest BCUT2D eigenvalue weighted by atomic mass is 35.5. The summed E-state index contributed by atoms with van der Waals surface area (Å²) in [6.07, 6.45) is 2.31. The van der Waals surface area contributed by atoms with Crippen molar-refractivity contribution >= 4 is 40.8 Å². The molecule has 1 saturated heterocycles. The second-order valence-electron chi connectivity index (χ2n) is 6.10. The van der Waals surface area contributed by atoms with Gasteiger partial charge in [-0.05, 0) is 43.2 Å². The summed E-state index contributed by atoms with van der Waals surface area (Å²) >= 11 is 6.07. The summed E-state index contributed by atoms with van der Waals surface area (Å²) in [4.78, 5) is 15.9. The van der Waals surface area contributed by atoms with Crippen molar-refractivity contribution in [3.63, 3.8) is 0 Å². The summed E-state index contributed by atoms with van der Waals surface area (Å²) in [5.74, 6) is 1.68. The predicted octanol–water partition coefficient (Wildman–Crippen LogP) is 4.61. The average molecular weight is 367 g/mol. The molecule has 3 aromatic rings. The van der Waals surface area contributed by atoms with Crippen LogP contribution in [0.2, 0.25) is 5.02 Å². The molecule has 132 valence electrons. The fourth-order valence-electron chi connectivity index (χ4n) is 2.88. The van der Waals surface area contributed by atoms with E-state index in [9.17, 15) is 0 Å². The van der Waals surface area contributed by atoms with Crippen LogP contribution >= 0.6 is 11.6 Å². The molecule has 0 amide bonds. The van der Waals surface area contributed by atoms with Crippen molar-refractivity contribution in [1.29, 1.82) is 0 Å². The molecule has 2 heterocycles. The molecule has 2 N–H and O–H groups in total. The minimum Gasteiger partial charge on any atom is -0.341 e. The predicted molar refractivity (Wildman–Crippen MR) is 106 cm³/mol. The molecule has 1 aliphatic heterocycles. The second kappa shape index (κ2) is 7.58. The van der Waals surface area contributed by atoms with Gasteiger partial charge in [0.2, 0.25) is 17.8 Å². The molecule has 1 aliphatic rings. The largest absolute Gasteiger partial charge is 0.341 e. The fourth-order valence-corrected chi connectivity index (χ4v) is 3.07. The van der Waals surface area contributed by atoms with Crippen LogP contribution in [-0.2, 0) is 0 Å². The zero-order valence-electron chi connectivity index (χ0n) is 14.2. The van der Waals surface area contributed by atoms with E-state index in [1.54, 1.807) is 0 Å². The number of hydrogen-bond donors (Lipinski definition) is 2. The van der Waals surface area contributed by atoms with E-state index in [-0.39, 0.29) is 0 Å². The van der Waals surface area contributed by atoms with Crippen LogP contribution in [0, 0.1) is 0 Å². The Morgan fingerprint density at radius 2 is 1.42 bits per heavy atom. The number of aromatic nitrogens is 3. The van der Waals surface area contributed by atoms with Crippen LogP contribution in [0.15, 0.2) is 54.6 Å². The van der Waals surface area contributed by atoms with Crippen LogP contribution in [0.1, 0.15) is 12.8 Å². The van der Waals surface area contributed by atoms with Crippen LogP contribution in [0.4, 0.5) is 29.2 Å². The zero-order chi connectivity index (χ0) is 17.8. The lowest BCUT2D eigenvalue weighted by Crippen LogP contribution is -2.21. The Kier molecular flexibility index (Phi) is 4.84. The normalized spacial score (nSPS) is 13.7. The van der Waals surface area contributed by atoms with Gasteiger partial charge in [-0.2, -0.15) is 15.0 Å². The molecule has 0 spiro atoms. The van der Waals surface area contributed by atoms with Gasteiger partial charge in [0, 0.05) is 29.5 Å². The van der Waals surface area contributed by atoms with Crippen LogP contribution < -0.4 is 15.5 Å². The second-order valence-corrected chi connectivity index (χ2v) is 6.54. The molecule has 0 radical (unpaired) electrons. The van der Waals surface area contributed by atoms with Crippen molar-refractivity contribution in [3.05, 3.63) is 59.6 Å². The van der Waals surface area contributed by atoms with Gasteiger partial charge < -0.3 is 15.5 Å². The highest BCUT2D eigenvalue weighted by molar-refractivity contribution is 6.30. The van der Waals surface area contributed by atoms with E-state index in [0.717, 1.165) is 37.3 Å². The number of benzene rings is 2. The standard InChI is InChI=1S/C19H19ClN6/c20-14-7-6-10-16(13-14)22-18-23-17(21-15-8-2-1-3-9-15)24-19(25-18)26-11-4-5-12-26/h1-3,6-10,13H,4-5,11-12H2,(H2,21,22,23,24,25). The number of nitrogens with one attached hydrogen (secondary N) is 2. The SMILES string of the molecule is Clc1cccc(Nc2nc(Nc3ccccc3)nc(N3CCCC3)n2)c1. The first-order valence-electron chi connectivity index (χ1n) is 8.62. The van der Waals surface area contributed by atoms with E-state index >= 15 is 0 Å². The Morgan fingerprint density at radius 3 is 2.12 bits per heavy atom. The van der Waals surface area contributed by atoms with Gasteiger partial charge in [-0.25, -0.2) is 0 Å². The van der Waals surface area contributed by atoms with E-state index in [0.29, 0.717) is 22.9 Å². The summed E-state index contributed by atoms with van der Waals surface area (Å²) < 4.78 is 0. The molecular formula is C19H19ClN6. The third-order valence-electron chi connectivity index (χ3n) is 4.12. The van der Waals surface area contributed by atoms with Gasteiger partial charge in [0.05, 0.1) is 0 Å². The minimum absolute atomic E-state index is 0.489. The van der Waals surface area contributed by atoms with Gasteiger partial charge in [-0.15, -0.1) is 0 Å². The summed E-state index contributed by atoms with van der Waals surface area (Å²) in [6, 6.07) is 17.3. The molecule has 0 saturated carbocycles. The third kappa shape index (κ3) is 4.03. The molecule has 0 atom stereocenters. The fraction of sp³-hybridized carbons (Fsp3) is 0.211. The summed E-state index contributed by atoms with van der Waals surface area (Å²) in [5.41, 5.74) is 1.77.